The molecule has 0 unspecified atom stereocenters. The van der Waals surface area contributed by atoms with Gasteiger partial charge in [-0.2, -0.15) is 0 Å². The topological polar surface area (TPSA) is 64.1 Å². The second-order valence-corrected chi connectivity index (χ2v) is 4.13. The maximum atomic E-state index is 11.4. The first-order valence-electron chi connectivity index (χ1n) is 5.89. The van der Waals surface area contributed by atoms with E-state index in [4.69, 9.17) is 0 Å². The van der Waals surface area contributed by atoms with E-state index in [0.29, 0.717) is 18.1 Å². The first-order valence-corrected chi connectivity index (χ1v) is 5.89. The summed E-state index contributed by atoms with van der Waals surface area (Å²) in [6.07, 6.45) is 3.50. The average molecular weight is 257 g/mol. The van der Waals surface area contributed by atoms with Crippen LogP contribution in [0, 0.1) is 6.92 Å². The number of rotatable bonds is 4. The minimum atomic E-state index is -0.339. The monoisotopic (exact) mass is 257 g/mol. The molecule has 0 bridgehead atoms. The van der Waals surface area contributed by atoms with Crippen LogP contribution >= 0.6 is 0 Å². The Balaban J connectivity index is 2.03. The molecule has 0 aliphatic heterocycles. The van der Waals surface area contributed by atoms with Crippen LogP contribution in [0.25, 0.3) is 0 Å². The molecule has 0 radical (unpaired) electrons. The quantitative estimate of drug-likeness (QED) is 0.850. The van der Waals surface area contributed by atoms with Gasteiger partial charge in [-0.15, -0.1) is 0 Å². The number of nitrogens with one attached hydrogen (secondary N) is 1. The van der Waals surface area contributed by atoms with Crippen molar-refractivity contribution < 1.29 is 9.53 Å². The number of methoxy groups -OCH3 is 1. The van der Waals surface area contributed by atoms with E-state index in [2.05, 4.69) is 20.0 Å². The zero-order valence-electron chi connectivity index (χ0n) is 10.9. The predicted molar refractivity (Wildman–Crippen MR) is 71.9 cm³/mol. The number of carbonyl (C=O) groups excluding carboxylic acids is 1. The second-order valence-electron chi connectivity index (χ2n) is 4.13. The van der Waals surface area contributed by atoms with Crippen LogP contribution in [0.4, 0.5) is 5.95 Å². The molecule has 1 N–H and O–H groups in total. The Labute approximate surface area is 111 Å². The lowest BCUT2D eigenvalue weighted by molar-refractivity contribution is 0.0600. The molecule has 0 aliphatic carbocycles. The summed E-state index contributed by atoms with van der Waals surface area (Å²) >= 11 is 0. The number of nitrogens with zero attached hydrogens (tertiary/aromatic N) is 2. The van der Waals surface area contributed by atoms with Crippen LogP contribution in [-0.4, -0.2) is 23.0 Å². The smallest absolute Gasteiger partial charge is 0.337 e. The number of aromatic nitrogens is 2. The van der Waals surface area contributed by atoms with Crippen molar-refractivity contribution in [2.75, 3.05) is 12.4 Å². The lowest BCUT2D eigenvalue weighted by atomic mass is 10.1. The highest BCUT2D eigenvalue weighted by atomic mass is 16.5. The lowest BCUT2D eigenvalue weighted by Crippen LogP contribution is -2.06. The summed E-state index contributed by atoms with van der Waals surface area (Å²) in [5, 5.41) is 3.10. The molecular formula is C14H15N3O2. The fourth-order valence-electron chi connectivity index (χ4n) is 1.59. The Morgan fingerprint density at radius 2 is 2.05 bits per heavy atom. The maximum absolute atomic E-state index is 11.4. The van der Waals surface area contributed by atoms with Gasteiger partial charge in [-0.3, -0.25) is 0 Å². The molecule has 2 rings (SSSR count). The summed E-state index contributed by atoms with van der Waals surface area (Å²) < 4.78 is 4.68. The molecule has 2 aromatic rings. The Bertz CT molecular complexity index is 567. The standard InChI is InChI=1S/C14H15N3O2/c1-10-7-15-14(16-8-10)17-9-11-4-3-5-12(6-11)13(18)19-2/h3-8H,9H2,1-2H3,(H,15,16,17). The molecule has 98 valence electrons. The Kier molecular flexibility index (Phi) is 4.07. The molecule has 0 spiro atoms. The van der Waals surface area contributed by atoms with E-state index in [-0.39, 0.29) is 5.97 Å². The molecule has 19 heavy (non-hydrogen) atoms. The van der Waals surface area contributed by atoms with Crippen LogP contribution in [0.2, 0.25) is 0 Å². The van der Waals surface area contributed by atoms with E-state index in [9.17, 15) is 4.79 Å². The molecule has 5 heteroatoms. The first kappa shape index (κ1) is 13.0. The van der Waals surface area contributed by atoms with Crippen LogP contribution in [0.5, 0.6) is 0 Å². The normalized spacial score (nSPS) is 10.0. The maximum Gasteiger partial charge on any atom is 0.337 e. The van der Waals surface area contributed by atoms with Gasteiger partial charge in [0.15, 0.2) is 0 Å². The summed E-state index contributed by atoms with van der Waals surface area (Å²) in [6, 6.07) is 7.25. The Morgan fingerprint density at radius 3 is 2.74 bits per heavy atom. The van der Waals surface area contributed by atoms with Gasteiger partial charge in [0.1, 0.15) is 0 Å². The molecule has 0 atom stereocenters. The summed E-state index contributed by atoms with van der Waals surface area (Å²) in [4.78, 5) is 19.7. The van der Waals surface area contributed by atoms with Gasteiger partial charge in [0.05, 0.1) is 12.7 Å². The van der Waals surface area contributed by atoms with Crippen molar-refractivity contribution in [2.45, 2.75) is 13.5 Å². The molecule has 0 saturated heterocycles. The summed E-state index contributed by atoms with van der Waals surface area (Å²) in [5.41, 5.74) is 2.51. The van der Waals surface area contributed by atoms with Crippen molar-refractivity contribution in [1.82, 2.24) is 9.97 Å². The number of carbonyl (C=O) groups is 1. The Hall–Kier alpha value is -2.43. The van der Waals surface area contributed by atoms with E-state index < -0.39 is 0 Å². The molecule has 1 aromatic carbocycles. The zero-order chi connectivity index (χ0) is 13.7. The van der Waals surface area contributed by atoms with Gasteiger partial charge < -0.3 is 10.1 Å². The van der Waals surface area contributed by atoms with E-state index in [1.165, 1.54) is 7.11 Å². The van der Waals surface area contributed by atoms with Gasteiger partial charge in [0, 0.05) is 18.9 Å². The zero-order valence-corrected chi connectivity index (χ0v) is 10.9. The molecule has 0 fully saturated rings. The Morgan fingerprint density at radius 1 is 1.32 bits per heavy atom. The van der Waals surface area contributed by atoms with E-state index in [1.54, 1.807) is 24.5 Å². The number of benzene rings is 1. The molecule has 0 aliphatic rings. The van der Waals surface area contributed by atoms with Gasteiger partial charge in [-0.05, 0) is 30.2 Å². The fraction of sp³-hybridized carbons (Fsp3) is 0.214. The minimum Gasteiger partial charge on any atom is -0.465 e. The number of aryl methyl sites for hydroxylation is 1. The highest BCUT2D eigenvalue weighted by Crippen LogP contribution is 2.08. The van der Waals surface area contributed by atoms with Crippen molar-refractivity contribution in [3.63, 3.8) is 0 Å². The van der Waals surface area contributed by atoms with Crippen molar-refractivity contribution in [3.8, 4) is 0 Å². The third-order valence-electron chi connectivity index (χ3n) is 2.58. The van der Waals surface area contributed by atoms with E-state index >= 15 is 0 Å². The third-order valence-corrected chi connectivity index (χ3v) is 2.58. The van der Waals surface area contributed by atoms with Crippen LogP contribution in [0.15, 0.2) is 36.7 Å². The molecular weight excluding hydrogens is 242 g/mol. The molecule has 0 amide bonds. The number of hydrogen-bond acceptors (Lipinski definition) is 5. The van der Waals surface area contributed by atoms with E-state index in [1.807, 2.05) is 19.1 Å². The summed E-state index contributed by atoms with van der Waals surface area (Å²) in [7, 11) is 1.37. The van der Waals surface area contributed by atoms with Crippen LogP contribution < -0.4 is 5.32 Å². The van der Waals surface area contributed by atoms with Gasteiger partial charge in [-0.25, -0.2) is 14.8 Å². The summed E-state index contributed by atoms with van der Waals surface area (Å²) in [5.74, 6) is 0.225. The third kappa shape index (κ3) is 3.51. The number of ether oxygens (including phenoxy) is 1. The first-order chi connectivity index (χ1) is 9.19. The van der Waals surface area contributed by atoms with E-state index in [0.717, 1.165) is 11.1 Å². The lowest BCUT2D eigenvalue weighted by Gasteiger charge is -2.06. The number of hydrogen-bond donors (Lipinski definition) is 1. The highest BCUT2D eigenvalue weighted by Gasteiger charge is 2.05. The van der Waals surface area contributed by atoms with Gasteiger partial charge in [0.2, 0.25) is 5.95 Å². The molecule has 1 heterocycles. The van der Waals surface area contributed by atoms with Crippen LogP contribution in [0.3, 0.4) is 0 Å². The van der Waals surface area contributed by atoms with Crippen molar-refractivity contribution in [1.29, 1.82) is 0 Å². The van der Waals surface area contributed by atoms with Crippen LogP contribution in [-0.2, 0) is 11.3 Å². The van der Waals surface area contributed by atoms with Crippen molar-refractivity contribution in [3.05, 3.63) is 53.3 Å². The van der Waals surface area contributed by atoms with Crippen molar-refractivity contribution >= 4 is 11.9 Å². The molecule has 1 aromatic heterocycles. The molecule has 5 nitrogen and oxygen atoms in total. The average Bonchev–Trinajstić information content (AvgIpc) is 2.46. The summed E-state index contributed by atoms with van der Waals surface area (Å²) in [6.45, 7) is 2.48. The van der Waals surface area contributed by atoms with Gasteiger partial charge >= 0.3 is 5.97 Å². The predicted octanol–water partition coefficient (Wildman–Crippen LogP) is 2.18. The number of anilines is 1. The minimum absolute atomic E-state index is 0.339. The fourth-order valence-corrected chi connectivity index (χ4v) is 1.59. The second kappa shape index (κ2) is 5.95. The van der Waals surface area contributed by atoms with Crippen molar-refractivity contribution in [2.24, 2.45) is 0 Å². The highest BCUT2D eigenvalue weighted by molar-refractivity contribution is 5.89. The molecule has 0 saturated carbocycles. The SMILES string of the molecule is COC(=O)c1cccc(CNc2ncc(C)cn2)c1. The van der Waals surface area contributed by atoms with Crippen LogP contribution in [0.1, 0.15) is 21.5 Å². The van der Waals surface area contributed by atoms with Gasteiger partial charge in [-0.1, -0.05) is 12.1 Å². The largest absolute Gasteiger partial charge is 0.465 e. The number of esters is 1. The van der Waals surface area contributed by atoms with Gasteiger partial charge in [0.25, 0.3) is 0 Å².